The lowest BCUT2D eigenvalue weighted by Gasteiger charge is -2.29. The van der Waals surface area contributed by atoms with E-state index in [0.29, 0.717) is 11.6 Å². The van der Waals surface area contributed by atoms with Gasteiger partial charge in [-0.2, -0.15) is 14.9 Å². The van der Waals surface area contributed by atoms with Gasteiger partial charge in [0.2, 0.25) is 0 Å². The van der Waals surface area contributed by atoms with Crippen molar-refractivity contribution in [3.05, 3.63) is 29.1 Å². The van der Waals surface area contributed by atoms with Crippen LogP contribution in [-0.2, 0) is 11.8 Å². The molecule has 5 nitrogen and oxygen atoms in total. The Morgan fingerprint density at radius 3 is 2.68 bits per heavy atom. The van der Waals surface area contributed by atoms with E-state index < -0.39 is 0 Å². The van der Waals surface area contributed by atoms with Gasteiger partial charge in [0.1, 0.15) is 5.82 Å². The van der Waals surface area contributed by atoms with E-state index in [1.807, 2.05) is 19.1 Å². The maximum absolute atomic E-state index is 6.30. The van der Waals surface area contributed by atoms with Crippen molar-refractivity contribution >= 4 is 5.82 Å². The molecule has 1 aliphatic rings. The van der Waals surface area contributed by atoms with Crippen molar-refractivity contribution in [1.82, 2.24) is 20.0 Å². The van der Waals surface area contributed by atoms with E-state index in [1.165, 1.54) is 5.56 Å². The van der Waals surface area contributed by atoms with Crippen LogP contribution in [0.5, 0.6) is 0 Å². The zero-order chi connectivity index (χ0) is 13.6. The van der Waals surface area contributed by atoms with Crippen molar-refractivity contribution in [2.24, 2.45) is 0 Å². The van der Waals surface area contributed by atoms with Gasteiger partial charge in [-0.3, -0.25) is 0 Å². The van der Waals surface area contributed by atoms with Crippen LogP contribution in [0.1, 0.15) is 43.6 Å². The van der Waals surface area contributed by atoms with Gasteiger partial charge in [0.15, 0.2) is 5.82 Å². The Labute approximate surface area is 112 Å². The molecule has 0 unspecified atom stereocenters. The Kier molecular flexibility index (Phi) is 2.59. The quantitative estimate of drug-likeness (QED) is 0.850. The average molecular weight is 257 g/mol. The number of rotatable bonds is 1. The molecular formula is C14H19N5. The Morgan fingerprint density at radius 2 is 2.05 bits per heavy atom. The molecular weight excluding hydrogens is 238 g/mol. The van der Waals surface area contributed by atoms with Crippen molar-refractivity contribution in [1.29, 1.82) is 0 Å². The molecule has 0 amide bonds. The molecule has 1 aliphatic carbocycles. The highest BCUT2D eigenvalue weighted by Gasteiger charge is 2.33. The molecule has 0 saturated carbocycles. The predicted molar refractivity (Wildman–Crippen MR) is 74.3 cm³/mol. The van der Waals surface area contributed by atoms with E-state index in [0.717, 1.165) is 30.7 Å². The highest BCUT2D eigenvalue weighted by molar-refractivity contribution is 5.52. The topological polar surface area (TPSA) is 69.6 Å². The molecule has 0 atom stereocenters. The van der Waals surface area contributed by atoms with E-state index >= 15 is 0 Å². The number of anilines is 1. The Balaban J connectivity index is 2.15. The lowest BCUT2D eigenvalue weighted by atomic mass is 9.75. The first-order valence-electron chi connectivity index (χ1n) is 6.67. The minimum absolute atomic E-state index is 0.0913. The summed E-state index contributed by atoms with van der Waals surface area (Å²) in [5.74, 6) is 1.39. The number of nitrogens with two attached hydrogens (primary N) is 1. The first-order valence-corrected chi connectivity index (χ1v) is 6.67. The number of nitrogens with zero attached hydrogens (tertiary/aromatic N) is 4. The fraction of sp³-hybridized carbons (Fsp3) is 0.500. The third-order valence-electron chi connectivity index (χ3n) is 3.89. The van der Waals surface area contributed by atoms with Crippen LogP contribution < -0.4 is 5.73 Å². The van der Waals surface area contributed by atoms with Crippen LogP contribution >= 0.6 is 0 Å². The molecule has 3 rings (SSSR count). The fourth-order valence-corrected chi connectivity index (χ4v) is 2.89. The largest absolute Gasteiger partial charge is 0.383 e. The van der Waals surface area contributed by atoms with E-state index in [1.54, 1.807) is 4.68 Å². The number of fused-ring (bicyclic) bond motifs is 1. The van der Waals surface area contributed by atoms with Crippen LogP contribution in [0, 0.1) is 6.92 Å². The van der Waals surface area contributed by atoms with Gasteiger partial charge in [-0.05, 0) is 43.7 Å². The lowest BCUT2D eigenvalue weighted by Crippen LogP contribution is -2.24. The molecule has 0 radical (unpaired) electrons. The summed E-state index contributed by atoms with van der Waals surface area (Å²) in [7, 11) is 0. The Bertz CT molecular complexity index is 610. The second-order valence-electron chi connectivity index (χ2n) is 5.89. The van der Waals surface area contributed by atoms with Crippen molar-refractivity contribution < 1.29 is 0 Å². The highest BCUT2D eigenvalue weighted by Crippen LogP contribution is 2.40. The molecule has 0 aromatic carbocycles. The van der Waals surface area contributed by atoms with Crippen molar-refractivity contribution in [3.63, 3.8) is 0 Å². The van der Waals surface area contributed by atoms with Gasteiger partial charge < -0.3 is 5.73 Å². The van der Waals surface area contributed by atoms with Gasteiger partial charge in [-0.15, -0.1) is 5.10 Å². The summed E-state index contributed by atoms with van der Waals surface area (Å²) in [5.41, 5.74) is 9.57. The zero-order valence-electron chi connectivity index (χ0n) is 11.6. The fourth-order valence-electron chi connectivity index (χ4n) is 2.89. The van der Waals surface area contributed by atoms with E-state index in [4.69, 9.17) is 5.73 Å². The second kappa shape index (κ2) is 4.05. The number of nitrogen functional groups attached to an aromatic ring is 1. The summed E-state index contributed by atoms with van der Waals surface area (Å²) in [4.78, 5) is 0. The molecule has 2 aromatic heterocycles. The molecule has 0 bridgehead atoms. The van der Waals surface area contributed by atoms with Gasteiger partial charge in [-0.1, -0.05) is 13.8 Å². The molecule has 0 saturated heterocycles. The maximum Gasteiger partial charge on any atom is 0.178 e. The molecule has 2 N–H and O–H groups in total. The van der Waals surface area contributed by atoms with E-state index in [9.17, 15) is 0 Å². The monoisotopic (exact) mass is 257 g/mol. The number of aromatic nitrogens is 4. The molecule has 0 fully saturated rings. The number of hydrogen-bond donors (Lipinski definition) is 1. The normalized spacial score (nSPS) is 17.2. The summed E-state index contributed by atoms with van der Waals surface area (Å²) in [5, 5.41) is 12.9. The van der Waals surface area contributed by atoms with Crippen LogP contribution in [0.3, 0.4) is 0 Å². The average Bonchev–Trinajstić information content (AvgIpc) is 2.69. The minimum Gasteiger partial charge on any atom is -0.383 e. The first kappa shape index (κ1) is 12.1. The molecule has 5 heteroatoms. The van der Waals surface area contributed by atoms with Gasteiger partial charge in [0.25, 0.3) is 0 Å². The third kappa shape index (κ3) is 1.89. The van der Waals surface area contributed by atoms with Crippen LogP contribution in [0.4, 0.5) is 5.82 Å². The molecule has 100 valence electrons. The molecule has 2 aromatic rings. The standard InChI is InChI=1S/C14H19N5/c1-9-6-7-11(17-16-9)19-13(15)12-10(18-19)5-4-8-14(12,2)3/h6-7H,4-5,8,15H2,1-3H3. The molecule has 2 heterocycles. The Hall–Kier alpha value is -1.91. The smallest absolute Gasteiger partial charge is 0.178 e. The minimum atomic E-state index is 0.0913. The summed E-state index contributed by atoms with van der Waals surface area (Å²) in [6.45, 7) is 6.37. The van der Waals surface area contributed by atoms with Crippen LogP contribution in [0.15, 0.2) is 12.1 Å². The van der Waals surface area contributed by atoms with E-state index in [-0.39, 0.29) is 5.41 Å². The van der Waals surface area contributed by atoms with Crippen LogP contribution in [0.2, 0.25) is 0 Å². The highest BCUT2D eigenvalue weighted by atomic mass is 15.4. The van der Waals surface area contributed by atoms with Crippen molar-refractivity contribution in [3.8, 4) is 5.82 Å². The summed E-state index contributed by atoms with van der Waals surface area (Å²) < 4.78 is 1.73. The van der Waals surface area contributed by atoms with Gasteiger partial charge in [0.05, 0.1) is 11.4 Å². The third-order valence-corrected chi connectivity index (χ3v) is 3.89. The predicted octanol–water partition coefficient (Wildman–Crippen LogP) is 2.17. The first-order chi connectivity index (χ1) is 8.99. The van der Waals surface area contributed by atoms with Gasteiger partial charge >= 0.3 is 0 Å². The van der Waals surface area contributed by atoms with Crippen molar-refractivity contribution in [2.75, 3.05) is 5.73 Å². The lowest BCUT2D eigenvalue weighted by molar-refractivity contribution is 0.432. The zero-order valence-corrected chi connectivity index (χ0v) is 11.6. The van der Waals surface area contributed by atoms with Crippen LogP contribution in [-0.4, -0.2) is 20.0 Å². The number of aryl methyl sites for hydroxylation is 2. The molecule has 0 spiro atoms. The number of hydrogen-bond acceptors (Lipinski definition) is 4. The van der Waals surface area contributed by atoms with Crippen molar-refractivity contribution in [2.45, 2.75) is 45.4 Å². The molecule has 19 heavy (non-hydrogen) atoms. The SMILES string of the molecule is Cc1ccc(-n2nc3c(c2N)C(C)(C)CCC3)nn1. The molecule has 0 aliphatic heterocycles. The second-order valence-corrected chi connectivity index (χ2v) is 5.89. The Morgan fingerprint density at radius 1 is 1.26 bits per heavy atom. The maximum atomic E-state index is 6.30. The van der Waals surface area contributed by atoms with Crippen LogP contribution in [0.25, 0.3) is 5.82 Å². The summed E-state index contributed by atoms with van der Waals surface area (Å²) >= 11 is 0. The summed E-state index contributed by atoms with van der Waals surface area (Å²) in [6, 6.07) is 3.83. The summed E-state index contributed by atoms with van der Waals surface area (Å²) in [6.07, 6.45) is 3.31. The van der Waals surface area contributed by atoms with Gasteiger partial charge in [-0.25, -0.2) is 0 Å². The van der Waals surface area contributed by atoms with Gasteiger partial charge in [0, 0.05) is 5.56 Å². The van der Waals surface area contributed by atoms with E-state index in [2.05, 4.69) is 29.1 Å².